The number of halogens is 2. The molecule has 2 aromatic heterocycles. The van der Waals surface area contributed by atoms with Gasteiger partial charge in [-0.05, 0) is 206 Å². The Bertz CT molecular complexity index is 4790. The highest BCUT2D eigenvalue weighted by Gasteiger charge is 2.41. The zero-order valence-electron chi connectivity index (χ0n) is 73.5. The van der Waals surface area contributed by atoms with Gasteiger partial charge in [-0.15, -0.1) is 0 Å². The average molecular weight is 1680 g/mol. The summed E-state index contributed by atoms with van der Waals surface area (Å²) in [5.74, 6) is -2.03. The molecule has 0 unspecified atom stereocenters. The van der Waals surface area contributed by atoms with Crippen molar-refractivity contribution in [2.24, 2.45) is 5.73 Å². The monoisotopic (exact) mass is 1680 g/mol. The van der Waals surface area contributed by atoms with E-state index in [4.69, 9.17) is 62.9 Å². The van der Waals surface area contributed by atoms with E-state index in [-0.39, 0.29) is 97.6 Å². The Labute approximate surface area is 718 Å². The number of hydrogen-bond acceptors (Lipinski definition) is 18. The number of aliphatic hydroxyl groups excluding tert-OH is 1. The molecule has 122 heavy (non-hydrogen) atoms. The molecule has 4 heterocycles. The van der Waals surface area contributed by atoms with E-state index < -0.39 is 35.0 Å². The van der Waals surface area contributed by atoms with Gasteiger partial charge in [-0.2, -0.15) is 0 Å². The number of nitrogens with zero attached hydrogens (tertiary/aromatic N) is 2. The van der Waals surface area contributed by atoms with E-state index in [1.807, 2.05) is 209 Å². The molecule has 656 valence electrons. The van der Waals surface area contributed by atoms with E-state index in [1.54, 1.807) is 24.3 Å². The number of ketones is 2. The lowest BCUT2D eigenvalue weighted by Crippen LogP contribution is -2.46. The summed E-state index contributed by atoms with van der Waals surface area (Å²) in [6.45, 7) is 31.1. The first-order valence-corrected chi connectivity index (χ1v) is 42.2. The maximum absolute atomic E-state index is 14.9. The van der Waals surface area contributed by atoms with Gasteiger partial charge in [0.1, 0.15) is 54.2 Å². The van der Waals surface area contributed by atoms with Crippen LogP contribution in [0.5, 0.6) is 11.5 Å². The number of aliphatic hydroxyl groups is 1. The zero-order chi connectivity index (χ0) is 88.3. The Kier molecular flexibility index (Phi) is 35.5. The van der Waals surface area contributed by atoms with Gasteiger partial charge < -0.3 is 77.4 Å². The van der Waals surface area contributed by atoms with Crippen LogP contribution in [-0.4, -0.2) is 151 Å². The van der Waals surface area contributed by atoms with Crippen molar-refractivity contribution in [3.63, 3.8) is 0 Å². The molecule has 21 nitrogen and oxygen atoms in total. The number of alkyl carbamates (subject to hydrolysis) is 1. The van der Waals surface area contributed by atoms with Crippen molar-refractivity contribution in [3.05, 3.63) is 239 Å². The largest absolute Gasteiger partial charge is 0.491 e. The average Bonchev–Trinajstić information content (AvgIpc) is 1.59. The fourth-order valence-electron chi connectivity index (χ4n) is 15.5. The van der Waals surface area contributed by atoms with Gasteiger partial charge in [-0.3, -0.25) is 19.2 Å². The van der Waals surface area contributed by atoms with Gasteiger partial charge in [0, 0.05) is 92.6 Å². The van der Waals surface area contributed by atoms with E-state index in [2.05, 4.69) is 42.1 Å². The summed E-state index contributed by atoms with van der Waals surface area (Å²) in [4.78, 5) is 67.3. The number of carbonyl (C=O) groups excluding carboxylic acids is 5. The highest BCUT2D eigenvalue weighted by atomic mass is 19.1. The summed E-state index contributed by atoms with van der Waals surface area (Å²) in [5, 5.41) is 9.67. The number of esters is 2. The fourth-order valence-corrected chi connectivity index (χ4v) is 15.5. The number of rotatable bonds is 37. The number of nitrogens with one attached hydrogen (secondary N) is 1. The van der Waals surface area contributed by atoms with Crippen LogP contribution in [0.25, 0.3) is 44.8 Å². The number of hydrogen-bond donors (Lipinski definition) is 3. The van der Waals surface area contributed by atoms with Crippen LogP contribution in [0.3, 0.4) is 0 Å². The minimum absolute atomic E-state index is 0.0191. The van der Waals surface area contributed by atoms with Gasteiger partial charge in [0.05, 0.1) is 75.1 Å². The van der Waals surface area contributed by atoms with Gasteiger partial charge in [0.2, 0.25) is 0 Å². The van der Waals surface area contributed by atoms with Crippen LogP contribution in [0.4, 0.5) is 13.6 Å². The normalized spacial score (nSPS) is 16.2. The summed E-state index contributed by atoms with van der Waals surface area (Å²) >= 11 is 0. The van der Waals surface area contributed by atoms with E-state index in [0.717, 1.165) is 80.0 Å². The standard InChI is InChI=1S/C53H63FN2O9.C45H57FN2O7.CH4O/c1-36(2)49-48(45(57)32-37-18-24-42(25-19-37)61-31-30-60-29-27-55-51(59)62-35-38-14-10-8-11-15-38)47(39-16-12-9-13-17-39)50(40-20-22-41(54)23-21-40)56(49)28-26-43-33-44(64-53(6,7)63-43)34-46(58)65-52(3,4)5;1-30(2)42-41(38(49)27-31-13-19-35(20-14-31)52-26-25-51-24-22-47)40(32-11-9-8-10-12-32)43(33-15-17-34(46)18-16-33)48(42)23-21-36-28-37(54-45(6,7)53-36)29-39(50)55-44(3,4)5;1-2/h8-25,36,43-44H,26-35H2,1-7H3,(H,55,59);8-20,30,36-37H,21-29,47H2,1-7H3;2H,1H3/t43-,44-;36-,37-;/m11./s1. The van der Waals surface area contributed by atoms with E-state index in [0.29, 0.717) is 114 Å². The molecule has 0 saturated carbocycles. The number of Topliss-reactive ketones (excluding diaryl/α,β-unsaturated/α-hetero) is 2. The topological polar surface area (TPSA) is 255 Å². The molecule has 2 fully saturated rings. The van der Waals surface area contributed by atoms with Crippen LogP contribution in [0.15, 0.2) is 188 Å². The summed E-state index contributed by atoms with van der Waals surface area (Å²) in [7, 11) is 1.00. The van der Waals surface area contributed by atoms with Gasteiger partial charge >= 0.3 is 18.0 Å². The third-order valence-corrected chi connectivity index (χ3v) is 20.0. The van der Waals surface area contributed by atoms with Crippen molar-refractivity contribution < 1.29 is 90.0 Å². The van der Waals surface area contributed by atoms with Crippen molar-refractivity contribution in [2.45, 2.75) is 227 Å². The second-order valence-electron chi connectivity index (χ2n) is 33.9. The van der Waals surface area contributed by atoms with Crippen molar-refractivity contribution >= 4 is 29.6 Å². The van der Waals surface area contributed by atoms with Crippen LogP contribution in [0.1, 0.15) is 196 Å². The number of benzene rings is 7. The summed E-state index contributed by atoms with van der Waals surface area (Å²) in [5.41, 5.74) is 16.5. The fraction of sp³-hybridized carbons (Fsp3) is 0.444. The van der Waals surface area contributed by atoms with Gasteiger partial charge in [0.25, 0.3) is 0 Å². The first-order chi connectivity index (χ1) is 58.2. The maximum atomic E-state index is 14.9. The first-order valence-electron chi connectivity index (χ1n) is 42.2. The minimum atomic E-state index is -0.933. The van der Waals surface area contributed by atoms with Crippen molar-refractivity contribution in [1.29, 1.82) is 0 Å². The molecule has 4 atom stereocenters. The van der Waals surface area contributed by atoms with Crippen molar-refractivity contribution in [1.82, 2.24) is 14.5 Å². The number of nitrogens with two attached hydrogens (primary N) is 1. The van der Waals surface area contributed by atoms with Crippen molar-refractivity contribution in [3.8, 4) is 56.3 Å². The first kappa shape index (κ1) is 95.6. The van der Waals surface area contributed by atoms with Gasteiger partial charge in [0.15, 0.2) is 23.1 Å². The minimum Gasteiger partial charge on any atom is -0.491 e. The zero-order valence-corrected chi connectivity index (χ0v) is 73.5. The Balaban J connectivity index is 0.000000275. The maximum Gasteiger partial charge on any atom is 0.407 e. The third kappa shape index (κ3) is 29.0. The third-order valence-electron chi connectivity index (χ3n) is 20.0. The Morgan fingerprint density at radius 3 is 1.21 bits per heavy atom. The Hall–Kier alpha value is -10.2. The van der Waals surface area contributed by atoms with Crippen LogP contribution in [0.2, 0.25) is 0 Å². The van der Waals surface area contributed by atoms with Crippen LogP contribution < -0.4 is 20.5 Å². The smallest absolute Gasteiger partial charge is 0.407 e. The molecule has 9 aromatic rings. The molecule has 2 saturated heterocycles. The molecule has 0 bridgehead atoms. The molecule has 0 radical (unpaired) electrons. The SMILES string of the molecule is CC(C)c1c(C(=O)Cc2ccc(OCCOCCN)cc2)c(-c2ccccc2)c(-c2ccc(F)cc2)n1CC[C@@H]1C[C@H](CC(=O)OC(C)(C)C)OC(C)(C)O1.CC(C)c1c(C(=O)Cc2ccc(OCCOCCNC(=O)OCc3ccccc3)cc2)c(-c2ccccc2)c(-c2ccc(F)cc2)n1CC[C@@H]1C[C@H](CC(=O)OC(C)(C)C)OC(C)(C)O1.CO. The predicted octanol–water partition coefficient (Wildman–Crippen LogP) is 19.4. The Morgan fingerprint density at radius 2 is 0.844 bits per heavy atom. The lowest BCUT2D eigenvalue weighted by molar-refractivity contribution is -0.301. The van der Waals surface area contributed by atoms with Crippen LogP contribution in [0, 0.1) is 11.6 Å². The van der Waals surface area contributed by atoms with E-state index in [9.17, 15) is 32.8 Å². The molecular weight excluding hydrogens is 1560 g/mol. The quantitative estimate of drug-likeness (QED) is 0.0142. The summed E-state index contributed by atoms with van der Waals surface area (Å²) < 4.78 is 97.8. The van der Waals surface area contributed by atoms with Crippen LogP contribution in [-0.2, 0) is 84.8 Å². The Morgan fingerprint density at radius 1 is 0.475 bits per heavy atom. The molecule has 0 aliphatic carbocycles. The molecule has 0 spiro atoms. The molecule has 23 heteroatoms. The van der Waals surface area contributed by atoms with Gasteiger partial charge in [-0.25, -0.2) is 13.6 Å². The van der Waals surface area contributed by atoms with Crippen molar-refractivity contribution in [2.75, 3.05) is 59.8 Å². The molecule has 2 aliphatic rings. The second kappa shape index (κ2) is 45.3. The highest BCUT2D eigenvalue weighted by Crippen LogP contribution is 2.46. The van der Waals surface area contributed by atoms with E-state index >= 15 is 0 Å². The number of aromatic nitrogens is 2. The molecule has 4 N–H and O–H groups in total. The number of amides is 1. The lowest BCUT2D eigenvalue weighted by Gasteiger charge is -2.41. The van der Waals surface area contributed by atoms with Gasteiger partial charge in [-0.1, -0.05) is 143 Å². The number of ether oxygens (including phenoxy) is 11. The predicted molar refractivity (Wildman–Crippen MR) is 469 cm³/mol. The highest BCUT2D eigenvalue weighted by molar-refractivity contribution is 6.09. The number of carbonyl (C=O) groups is 5. The molecule has 2 aliphatic heterocycles. The molecular formula is C99H124F2N4O17. The molecule has 11 rings (SSSR count). The second-order valence-corrected chi connectivity index (χ2v) is 33.9. The molecule has 7 aromatic carbocycles. The van der Waals surface area contributed by atoms with Crippen LogP contribution >= 0.6 is 0 Å². The van der Waals surface area contributed by atoms with E-state index in [1.165, 1.54) is 24.3 Å². The molecule has 1 amide bonds. The summed E-state index contributed by atoms with van der Waals surface area (Å²) in [6.07, 6.45) is 0.888. The summed E-state index contributed by atoms with van der Waals surface area (Å²) in [6, 6.07) is 57.2. The lowest BCUT2D eigenvalue weighted by atomic mass is 9.90.